The van der Waals surface area contributed by atoms with Gasteiger partial charge in [-0.3, -0.25) is 4.79 Å². The Morgan fingerprint density at radius 3 is 2.89 bits per heavy atom. The summed E-state index contributed by atoms with van der Waals surface area (Å²) in [6.07, 6.45) is 2.18. The van der Waals surface area contributed by atoms with Crippen LogP contribution in [-0.4, -0.2) is 18.2 Å². The van der Waals surface area contributed by atoms with Crippen LogP contribution in [0.15, 0.2) is 11.8 Å². The molecular formula is C6H6O3. The lowest BCUT2D eigenvalue weighted by Gasteiger charge is -1.96. The topological polar surface area (TPSA) is 38.8 Å². The van der Waals surface area contributed by atoms with Gasteiger partial charge >= 0.3 is 0 Å². The van der Waals surface area contributed by atoms with Crippen LogP contribution in [0, 0.1) is 0 Å². The molecule has 0 radical (unpaired) electrons. The monoisotopic (exact) mass is 126 g/mol. The molecule has 2 atom stereocenters. The summed E-state index contributed by atoms with van der Waals surface area (Å²) in [5.74, 6) is -0.899. The minimum absolute atomic E-state index is 0.0880. The van der Waals surface area contributed by atoms with Crippen molar-refractivity contribution in [1.82, 2.24) is 0 Å². The smallest absolute Gasteiger partial charge is 0.298 e. The first-order valence-corrected chi connectivity index (χ1v) is 2.77. The number of carbonyl (C=O) groups is 1. The number of carbonyl (C=O) groups excluding carboxylic acids is 1. The molecule has 0 bridgehead atoms. The van der Waals surface area contributed by atoms with Gasteiger partial charge in [0.1, 0.15) is 0 Å². The van der Waals surface area contributed by atoms with Crippen molar-refractivity contribution in [3.63, 3.8) is 0 Å². The van der Waals surface area contributed by atoms with Crippen LogP contribution in [-0.2, 0) is 14.3 Å². The molecule has 2 aliphatic rings. The molecule has 0 amide bonds. The van der Waals surface area contributed by atoms with Crippen molar-refractivity contribution in [1.29, 1.82) is 0 Å². The SMILES string of the molecule is CC1=COC2(C=O)OC12. The highest BCUT2D eigenvalue weighted by Crippen LogP contribution is 2.45. The lowest BCUT2D eigenvalue weighted by atomic mass is 10.2. The van der Waals surface area contributed by atoms with Gasteiger partial charge in [0, 0.05) is 0 Å². The fourth-order valence-electron chi connectivity index (χ4n) is 1.01. The van der Waals surface area contributed by atoms with Gasteiger partial charge in [0.15, 0.2) is 12.4 Å². The molecule has 0 saturated carbocycles. The molecule has 0 N–H and O–H groups in total. The first kappa shape index (κ1) is 4.99. The third-order valence-corrected chi connectivity index (χ3v) is 1.62. The van der Waals surface area contributed by atoms with E-state index in [9.17, 15) is 4.79 Å². The molecule has 3 nitrogen and oxygen atoms in total. The molecule has 9 heavy (non-hydrogen) atoms. The molecule has 2 rings (SSSR count). The van der Waals surface area contributed by atoms with E-state index in [-0.39, 0.29) is 6.10 Å². The normalized spacial score (nSPS) is 45.0. The van der Waals surface area contributed by atoms with Crippen molar-refractivity contribution in [2.75, 3.05) is 0 Å². The van der Waals surface area contributed by atoms with E-state index in [1.807, 2.05) is 6.92 Å². The Balaban J connectivity index is 2.25. The predicted molar refractivity (Wildman–Crippen MR) is 28.5 cm³/mol. The fraction of sp³-hybridized carbons (Fsp3) is 0.500. The van der Waals surface area contributed by atoms with Crippen LogP contribution in [0.5, 0.6) is 0 Å². The zero-order valence-electron chi connectivity index (χ0n) is 4.96. The van der Waals surface area contributed by atoms with Crippen LogP contribution in [0.1, 0.15) is 6.92 Å². The minimum atomic E-state index is -0.899. The Morgan fingerprint density at radius 1 is 1.89 bits per heavy atom. The number of hydrogen-bond donors (Lipinski definition) is 0. The fourth-order valence-corrected chi connectivity index (χ4v) is 1.01. The number of epoxide rings is 1. The molecule has 0 aromatic rings. The van der Waals surface area contributed by atoms with Crippen molar-refractivity contribution in [2.24, 2.45) is 0 Å². The second-order valence-electron chi connectivity index (χ2n) is 2.32. The second kappa shape index (κ2) is 1.19. The standard InChI is InChI=1S/C6H6O3/c1-4-2-8-6(3-7)5(4)9-6/h2-3,5H,1H3. The van der Waals surface area contributed by atoms with E-state index in [1.54, 1.807) is 6.26 Å². The molecule has 2 unspecified atom stereocenters. The minimum Gasteiger partial charge on any atom is -0.460 e. The third-order valence-electron chi connectivity index (χ3n) is 1.62. The Hall–Kier alpha value is -0.830. The number of ether oxygens (including phenoxy) is 2. The highest BCUT2D eigenvalue weighted by molar-refractivity contribution is 5.68. The van der Waals surface area contributed by atoms with E-state index < -0.39 is 5.79 Å². The van der Waals surface area contributed by atoms with Gasteiger partial charge < -0.3 is 9.47 Å². The summed E-state index contributed by atoms with van der Waals surface area (Å²) in [7, 11) is 0. The van der Waals surface area contributed by atoms with E-state index in [4.69, 9.17) is 9.47 Å². The zero-order valence-corrected chi connectivity index (χ0v) is 4.96. The zero-order chi connectivity index (χ0) is 6.48. The Kier molecular flexibility index (Phi) is 0.658. The van der Waals surface area contributed by atoms with Crippen molar-refractivity contribution >= 4 is 6.29 Å². The molecule has 1 saturated heterocycles. The van der Waals surface area contributed by atoms with Crippen LogP contribution in [0.25, 0.3) is 0 Å². The predicted octanol–water partition coefficient (Wildman–Crippen LogP) is 0.214. The lowest BCUT2D eigenvalue weighted by molar-refractivity contribution is -0.123. The summed E-state index contributed by atoms with van der Waals surface area (Å²) in [6, 6.07) is 0. The number of hydrogen-bond acceptors (Lipinski definition) is 3. The Bertz CT molecular complexity index is 196. The lowest BCUT2D eigenvalue weighted by Crippen LogP contribution is -2.14. The van der Waals surface area contributed by atoms with E-state index in [1.165, 1.54) is 0 Å². The molecule has 1 fully saturated rings. The van der Waals surface area contributed by atoms with Crippen molar-refractivity contribution in [3.05, 3.63) is 11.8 Å². The summed E-state index contributed by atoms with van der Waals surface area (Å²) in [5, 5.41) is 0. The number of fused-ring (bicyclic) bond motifs is 1. The van der Waals surface area contributed by atoms with Crippen molar-refractivity contribution in [3.8, 4) is 0 Å². The van der Waals surface area contributed by atoms with Crippen LogP contribution < -0.4 is 0 Å². The molecule has 0 spiro atoms. The van der Waals surface area contributed by atoms with Gasteiger partial charge in [0.25, 0.3) is 5.79 Å². The maximum atomic E-state index is 10.2. The van der Waals surface area contributed by atoms with E-state index in [0.717, 1.165) is 5.57 Å². The van der Waals surface area contributed by atoms with E-state index in [2.05, 4.69) is 0 Å². The Morgan fingerprint density at radius 2 is 2.67 bits per heavy atom. The molecule has 0 aromatic carbocycles. The van der Waals surface area contributed by atoms with Crippen LogP contribution >= 0.6 is 0 Å². The molecule has 0 aromatic heterocycles. The van der Waals surface area contributed by atoms with Crippen LogP contribution in [0.2, 0.25) is 0 Å². The first-order valence-electron chi connectivity index (χ1n) is 2.77. The number of rotatable bonds is 1. The van der Waals surface area contributed by atoms with Crippen LogP contribution in [0.3, 0.4) is 0 Å². The van der Waals surface area contributed by atoms with E-state index >= 15 is 0 Å². The average Bonchev–Trinajstić information content (AvgIpc) is 2.53. The molecule has 2 heterocycles. The van der Waals surface area contributed by atoms with Gasteiger partial charge in [0.2, 0.25) is 0 Å². The van der Waals surface area contributed by atoms with Gasteiger partial charge in [-0.05, 0) is 12.5 Å². The maximum Gasteiger partial charge on any atom is 0.298 e. The third kappa shape index (κ3) is 0.428. The highest BCUT2D eigenvalue weighted by Gasteiger charge is 2.63. The molecule has 2 aliphatic heterocycles. The van der Waals surface area contributed by atoms with E-state index in [0.29, 0.717) is 6.29 Å². The molecule has 3 heteroatoms. The molecule has 0 aliphatic carbocycles. The Labute approximate surface area is 52.3 Å². The maximum absolute atomic E-state index is 10.2. The van der Waals surface area contributed by atoms with Gasteiger partial charge in [-0.1, -0.05) is 0 Å². The summed E-state index contributed by atoms with van der Waals surface area (Å²) in [6.45, 7) is 1.88. The van der Waals surface area contributed by atoms with Gasteiger partial charge in [0.05, 0.1) is 6.26 Å². The van der Waals surface area contributed by atoms with Gasteiger partial charge in [-0.25, -0.2) is 0 Å². The summed E-state index contributed by atoms with van der Waals surface area (Å²) in [4.78, 5) is 10.2. The van der Waals surface area contributed by atoms with Crippen molar-refractivity contribution < 1.29 is 14.3 Å². The summed E-state index contributed by atoms with van der Waals surface area (Å²) in [5.41, 5.74) is 0.988. The van der Waals surface area contributed by atoms with Gasteiger partial charge in [-0.15, -0.1) is 0 Å². The van der Waals surface area contributed by atoms with Gasteiger partial charge in [-0.2, -0.15) is 0 Å². The quantitative estimate of drug-likeness (QED) is 0.372. The average molecular weight is 126 g/mol. The first-order chi connectivity index (χ1) is 4.28. The summed E-state index contributed by atoms with van der Waals surface area (Å²) >= 11 is 0. The van der Waals surface area contributed by atoms with Crippen molar-refractivity contribution in [2.45, 2.75) is 18.8 Å². The highest BCUT2D eigenvalue weighted by atomic mass is 16.8. The summed E-state index contributed by atoms with van der Waals surface area (Å²) < 4.78 is 9.87. The second-order valence-corrected chi connectivity index (χ2v) is 2.32. The molecular weight excluding hydrogens is 120 g/mol. The number of aldehydes is 1. The largest absolute Gasteiger partial charge is 0.460 e. The molecule has 48 valence electrons. The van der Waals surface area contributed by atoms with Crippen LogP contribution in [0.4, 0.5) is 0 Å².